The second-order valence-electron chi connectivity index (χ2n) is 5.60. The topological polar surface area (TPSA) is 53.4 Å². The van der Waals surface area contributed by atoms with Gasteiger partial charge in [0.15, 0.2) is 0 Å². The van der Waals surface area contributed by atoms with E-state index >= 15 is 0 Å². The third-order valence-corrected chi connectivity index (χ3v) is 5.01. The van der Waals surface area contributed by atoms with Gasteiger partial charge in [0.05, 0.1) is 13.7 Å². The molecule has 0 saturated carbocycles. The van der Waals surface area contributed by atoms with E-state index in [9.17, 15) is 4.79 Å². The van der Waals surface area contributed by atoms with Crippen LogP contribution in [0.1, 0.15) is 11.1 Å². The Balaban J connectivity index is 1.98. The summed E-state index contributed by atoms with van der Waals surface area (Å²) in [7, 11) is 1.58. The van der Waals surface area contributed by atoms with Crippen LogP contribution >= 0.6 is 27.5 Å². The average molecular weight is 436 g/mol. The van der Waals surface area contributed by atoms with Crippen molar-refractivity contribution in [1.29, 1.82) is 0 Å². The van der Waals surface area contributed by atoms with Gasteiger partial charge in [-0.3, -0.25) is 4.79 Å². The number of benzene rings is 2. The zero-order valence-corrected chi connectivity index (χ0v) is 16.5. The maximum atomic E-state index is 12.8. The van der Waals surface area contributed by atoms with Gasteiger partial charge < -0.3 is 9.47 Å². The molecular formula is C19H16BrClN2O3. The fourth-order valence-electron chi connectivity index (χ4n) is 2.41. The molecule has 5 nitrogen and oxygen atoms in total. The summed E-state index contributed by atoms with van der Waals surface area (Å²) >= 11 is 9.54. The quantitative estimate of drug-likeness (QED) is 0.577. The molecule has 0 aliphatic heterocycles. The van der Waals surface area contributed by atoms with Gasteiger partial charge in [-0.15, -0.1) is 0 Å². The summed E-state index contributed by atoms with van der Waals surface area (Å²) in [5.41, 5.74) is 1.66. The average Bonchev–Trinajstić information content (AvgIpc) is 2.65. The number of aromatic nitrogens is 2. The lowest BCUT2D eigenvalue weighted by Gasteiger charge is -2.13. The van der Waals surface area contributed by atoms with Crippen molar-refractivity contribution in [3.8, 4) is 17.2 Å². The van der Waals surface area contributed by atoms with E-state index in [2.05, 4.69) is 21.0 Å². The molecule has 0 fully saturated rings. The number of hydrogen-bond donors (Lipinski definition) is 0. The number of methoxy groups -OCH3 is 1. The molecule has 0 aliphatic carbocycles. The van der Waals surface area contributed by atoms with Crippen LogP contribution in [0.15, 0.2) is 57.9 Å². The van der Waals surface area contributed by atoms with Crippen LogP contribution in [0.4, 0.5) is 0 Å². The first-order valence-corrected chi connectivity index (χ1v) is 8.99. The van der Waals surface area contributed by atoms with E-state index in [1.807, 2.05) is 31.2 Å². The number of ether oxygens (including phenoxy) is 2. The van der Waals surface area contributed by atoms with E-state index in [1.165, 1.54) is 4.68 Å². The second kappa shape index (κ2) is 7.93. The summed E-state index contributed by atoms with van der Waals surface area (Å²) in [5.74, 6) is 1.19. The van der Waals surface area contributed by atoms with Crippen molar-refractivity contribution in [3.05, 3.63) is 79.6 Å². The summed E-state index contributed by atoms with van der Waals surface area (Å²) < 4.78 is 12.5. The van der Waals surface area contributed by atoms with Crippen molar-refractivity contribution in [2.75, 3.05) is 7.11 Å². The third kappa shape index (κ3) is 3.92. The Bertz CT molecular complexity index is 987. The SMILES string of the molecule is COc1ccc(Oc2c(Cl)c(Br)nn(Cc3ccccc3C)c2=O)cc1. The molecule has 0 N–H and O–H groups in total. The molecule has 0 aliphatic rings. The van der Waals surface area contributed by atoms with Crippen molar-refractivity contribution >= 4 is 27.5 Å². The lowest BCUT2D eigenvalue weighted by molar-refractivity contribution is 0.412. The maximum absolute atomic E-state index is 12.8. The molecule has 7 heteroatoms. The summed E-state index contributed by atoms with van der Waals surface area (Å²) in [4.78, 5) is 12.8. The Hall–Kier alpha value is -2.31. The summed E-state index contributed by atoms with van der Waals surface area (Å²) in [5, 5.41) is 4.36. The van der Waals surface area contributed by atoms with Gasteiger partial charge in [-0.2, -0.15) is 5.10 Å². The van der Waals surface area contributed by atoms with E-state index in [0.717, 1.165) is 11.1 Å². The van der Waals surface area contributed by atoms with Crippen molar-refractivity contribution in [2.45, 2.75) is 13.5 Å². The smallest absolute Gasteiger partial charge is 0.311 e. The first-order chi connectivity index (χ1) is 12.5. The maximum Gasteiger partial charge on any atom is 0.311 e. The molecule has 1 heterocycles. The Morgan fingerprint density at radius 3 is 2.42 bits per heavy atom. The predicted octanol–water partition coefficient (Wildman–Crippen LogP) is 4.82. The summed E-state index contributed by atoms with van der Waals surface area (Å²) in [6.45, 7) is 2.31. The van der Waals surface area contributed by atoms with E-state index < -0.39 is 5.56 Å². The number of halogens is 2. The van der Waals surface area contributed by atoms with Crippen LogP contribution in [-0.2, 0) is 6.54 Å². The highest BCUT2D eigenvalue weighted by Crippen LogP contribution is 2.31. The van der Waals surface area contributed by atoms with Crippen LogP contribution < -0.4 is 15.0 Å². The highest BCUT2D eigenvalue weighted by Gasteiger charge is 2.17. The Morgan fingerprint density at radius 1 is 1.12 bits per heavy atom. The van der Waals surface area contributed by atoms with Crippen LogP contribution in [0.25, 0.3) is 0 Å². The lowest BCUT2D eigenvalue weighted by atomic mass is 10.1. The van der Waals surface area contributed by atoms with Gasteiger partial charge in [-0.05, 0) is 58.2 Å². The molecule has 3 aromatic rings. The predicted molar refractivity (Wildman–Crippen MR) is 105 cm³/mol. The van der Waals surface area contributed by atoms with Crippen LogP contribution in [0, 0.1) is 6.92 Å². The normalized spacial score (nSPS) is 10.6. The Morgan fingerprint density at radius 2 is 1.77 bits per heavy atom. The fourth-order valence-corrected chi connectivity index (χ4v) is 2.93. The molecule has 0 unspecified atom stereocenters. The van der Waals surface area contributed by atoms with Gasteiger partial charge in [0.2, 0.25) is 5.75 Å². The van der Waals surface area contributed by atoms with Gasteiger partial charge in [0.1, 0.15) is 21.1 Å². The molecule has 1 aromatic heterocycles. The molecule has 0 atom stereocenters. The van der Waals surface area contributed by atoms with Crippen molar-refractivity contribution in [2.24, 2.45) is 0 Å². The van der Waals surface area contributed by atoms with E-state index in [4.69, 9.17) is 21.1 Å². The molecule has 0 saturated heterocycles. The summed E-state index contributed by atoms with van der Waals surface area (Å²) in [6, 6.07) is 14.7. The standard InChI is InChI=1S/C19H16BrClN2O3/c1-12-5-3-4-6-13(12)11-23-19(24)17(16(21)18(20)22-23)26-15-9-7-14(25-2)8-10-15/h3-10H,11H2,1-2H3. The number of aryl methyl sites for hydroxylation is 1. The zero-order chi connectivity index (χ0) is 18.7. The minimum absolute atomic E-state index is 0.0206. The van der Waals surface area contributed by atoms with Gasteiger partial charge >= 0.3 is 5.56 Å². The zero-order valence-electron chi connectivity index (χ0n) is 14.2. The van der Waals surface area contributed by atoms with Gasteiger partial charge in [-0.1, -0.05) is 35.9 Å². The van der Waals surface area contributed by atoms with Crippen LogP contribution in [0.2, 0.25) is 5.02 Å². The first-order valence-electron chi connectivity index (χ1n) is 7.82. The molecule has 26 heavy (non-hydrogen) atoms. The van der Waals surface area contributed by atoms with Gasteiger partial charge in [-0.25, -0.2) is 4.68 Å². The van der Waals surface area contributed by atoms with Crippen molar-refractivity contribution < 1.29 is 9.47 Å². The highest BCUT2D eigenvalue weighted by molar-refractivity contribution is 9.10. The number of hydrogen-bond acceptors (Lipinski definition) is 4. The van der Waals surface area contributed by atoms with Crippen LogP contribution in [-0.4, -0.2) is 16.9 Å². The molecule has 3 rings (SSSR count). The molecule has 0 bridgehead atoms. The van der Waals surface area contributed by atoms with Crippen molar-refractivity contribution in [1.82, 2.24) is 9.78 Å². The van der Waals surface area contributed by atoms with E-state index in [-0.39, 0.29) is 10.8 Å². The van der Waals surface area contributed by atoms with Gasteiger partial charge in [0.25, 0.3) is 0 Å². The second-order valence-corrected chi connectivity index (χ2v) is 6.73. The van der Waals surface area contributed by atoms with E-state index in [1.54, 1.807) is 31.4 Å². The Labute approximate surface area is 164 Å². The monoisotopic (exact) mass is 434 g/mol. The molecule has 134 valence electrons. The van der Waals surface area contributed by atoms with E-state index in [0.29, 0.717) is 22.6 Å². The first kappa shape index (κ1) is 18.5. The largest absolute Gasteiger partial charge is 0.497 e. The molecular weight excluding hydrogens is 420 g/mol. The number of rotatable bonds is 5. The fraction of sp³-hybridized carbons (Fsp3) is 0.158. The molecule has 0 amide bonds. The third-order valence-electron chi connectivity index (χ3n) is 3.88. The van der Waals surface area contributed by atoms with Gasteiger partial charge in [0, 0.05) is 0 Å². The molecule has 2 aromatic carbocycles. The minimum Gasteiger partial charge on any atom is -0.497 e. The van der Waals surface area contributed by atoms with Crippen LogP contribution in [0.3, 0.4) is 0 Å². The number of nitrogens with zero attached hydrogens (tertiary/aromatic N) is 2. The molecule has 0 spiro atoms. The highest BCUT2D eigenvalue weighted by atomic mass is 79.9. The van der Waals surface area contributed by atoms with Crippen molar-refractivity contribution in [3.63, 3.8) is 0 Å². The van der Waals surface area contributed by atoms with Crippen LogP contribution in [0.5, 0.6) is 17.2 Å². The summed E-state index contributed by atoms with van der Waals surface area (Å²) in [6.07, 6.45) is 0. The lowest BCUT2D eigenvalue weighted by Crippen LogP contribution is -2.25. The minimum atomic E-state index is -0.405. The molecule has 0 radical (unpaired) electrons. The Kier molecular flexibility index (Phi) is 5.64.